The summed E-state index contributed by atoms with van der Waals surface area (Å²) in [5.74, 6) is -1.34. The maximum absolute atomic E-state index is 13.1. The molecular weight excluding hydrogens is 226 g/mol. The summed E-state index contributed by atoms with van der Waals surface area (Å²) in [5, 5.41) is 3.82. The quantitative estimate of drug-likeness (QED) is 0.893. The van der Waals surface area contributed by atoms with Crippen molar-refractivity contribution in [3.63, 3.8) is 0 Å². The van der Waals surface area contributed by atoms with Crippen LogP contribution in [0.15, 0.2) is 22.7 Å². The summed E-state index contributed by atoms with van der Waals surface area (Å²) in [4.78, 5) is 0. The third-order valence-electron chi connectivity index (χ3n) is 2.56. The molecule has 0 bridgehead atoms. The number of hydrogen-bond donors (Lipinski definition) is 1. The van der Waals surface area contributed by atoms with Crippen molar-refractivity contribution in [2.45, 2.75) is 13.3 Å². The van der Waals surface area contributed by atoms with E-state index in [1.807, 2.05) is 0 Å². The molecule has 1 aromatic heterocycles. The molecule has 0 aliphatic heterocycles. The Morgan fingerprint density at radius 1 is 1.29 bits per heavy atom. The maximum atomic E-state index is 13.1. The highest BCUT2D eigenvalue weighted by atomic mass is 19.2. The van der Waals surface area contributed by atoms with Crippen LogP contribution in [0.3, 0.4) is 0 Å². The van der Waals surface area contributed by atoms with E-state index in [-0.39, 0.29) is 0 Å². The zero-order valence-corrected chi connectivity index (χ0v) is 9.34. The number of nitrogens with two attached hydrogens (primary N) is 1. The molecule has 3 nitrogen and oxygen atoms in total. The van der Waals surface area contributed by atoms with E-state index in [1.165, 1.54) is 6.07 Å². The Labute approximate surface area is 97.2 Å². The Balaban J connectivity index is 2.48. The second-order valence-corrected chi connectivity index (χ2v) is 3.74. The smallest absolute Gasteiger partial charge is 0.170 e. The van der Waals surface area contributed by atoms with Crippen molar-refractivity contribution in [3.05, 3.63) is 41.1 Å². The first kappa shape index (κ1) is 11.7. The second kappa shape index (κ2) is 4.63. The van der Waals surface area contributed by atoms with E-state index in [2.05, 4.69) is 5.16 Å². The van der Waals surface area contributed by atoms with Gasteiger partial charge in [-0.05, 0) is 38.1 Å². The lowest BCUT2D eigenvalue weighted by Gasteiger charge is -2.01. The molecule has 5 heteroatoms. The predicted octanol–water partition coefficient (Wildman–Crippen LogP) is 2.43. The van der Waals surface area contributed by atoms with Gasteiger partial charge in [0.25, 0.3) is 0 Å². The molecule has 0 aliphatic carbocycles. The number of nitrogens with zero attached hydrogens (tertiary/aromatic N) is 1. The number of aryl methyl sites for hydroxylation is 1. The number of rotatable bonds is 3. The van der Waals surface area contributed by atoms with Gasteiger partial charge in [0.15, 0.2) is 17.4 Å². The van der Waals surface area contributed by atoms with Crippen LogP contribution in [-0.4, -0.2) is 11.7 Å². The van der Waals surface area contributed by atoms with Gasteiger partial charge in [0.2, 0.25) is 0 Å². The molecule has 1 heterocycles. The van der Waals surface area contributed by atoms with Crippen LogP contribution < -0.4 is 5.73 Å². The first-order chi connectivity index (χ1) is 8.13. The van der Waals surface area contributed by atoms with Gasteiger partial charge in [-0.1, -0.05) is 5.16 Å². The summed E-state index contributed by atoms with van der Waals surface area (Å²) < 4.78 is 31.1. The Kier molecular flexibility index (Phi) is 3.19. The van der Waals surface area contributed by atoms with Gasteiger partial charge in [0, 0.05) is 11.1 Å². The molecule has 2 aromatic rings. The van der Waals surface area contributed by atoms with Crippen molar-refractivity contribution in [3.8, 4) is 11.3 Å². The van der Waals surface area contributed by atoms with E-state index in [0.29, 0.717) is 24.3 Å². The van der Waals surface area contributed by atoms with Crippen LogP contribution in [-0.2, 0) is 6.42 Å². The minimum absolute atomic E-state index is 0.443. The van der Waals surface area contributed by atoms with E-state index < -0.39 is 11.6 Å². The average Bonchev–Trinajstić information content (AvgIpc) is 2.66. The van der Waals surface area contributed by atoms with Gasteiger partial charge in [-0.15, -0.1) is 0 Å². The molecule has 1 aromatic carbocycles. The fourth-order valence-corrected chi connectivity index (χ4v) is 1.69. The first-order valence-electron chi connectivity index (χ1n) is 5.24. The van der Waals surface area contributed by atoms with E-state index in [1.54, 1.807) is 6.92 Å². The molecule has 2 rings (SSSR count). The van der Waals surface area contributed by atoms with Crippen LogP contribution in [0.4, 0.5) is 8.78 Å². The average molecular weight is 238 g/mol. The highest BCUT2D eigenvalue weighted by molar-refractivity contribution is 5.62. The van der Waals surface area contributed by atoms with Crippen LogP contribution in [0.2, 0.25) is 0 Å². The summed E-state index contributed by atoms with van der Waals surface area (Å²) in [5.41, 5.74) is 7.50. The zero-order chi connectivity index (χ0) is 12.4. The minimum Gasteiger partial charge on any atom is -0.356 e. The summed E-state index contributed by atoms with van der Waals surface area (Å²) in [6, 6.07) is 3.61. The summed E-state index contributed by atoms with van der Waals surface area (Å²) in [6.45, 7) is 2.23. The van der Waals surface area contributed by atoms with Gasteiger partial charge >= 0.3 is 0 Å². The van der Waals surface area contributed by atoms with Gasteiger partial charge in [-0.25, -0.2) is 8.78 Å². The lowest BCUT2D eigenvalue weighted by atomic mass is 10.0. The Hall–Kier alpha value is -1.75. The van der Waals surface area contributed by atoms with Crippen molar-refractivity contribution >= 4 is 0 Å². The van der Waals surface area contributed by atoms with Gasteiger partial charge in [0.05, 0.1) is 5.69 Å². The molecule has 17 heavy (non-hydrogen) atoms. The monoisotopic (exact) mass is 238 g/mol. The van der Waals surface area contributed by atoms with E-state index >= 15 is 0 Å². The van der Waals surface area contributed by atoms with Crippen LogP contribution in [0, 0.1) is 18.6 Å². The first-order valence-corrected chi connectivity index (χ1v) is 5.24. The molecule has 0 atom stereocenters. The molecule has 0 unspecified atom stereocenters. The third-order valence-corrected chi connectivity index (χ3v) is 2.56. The van der Waals surface area contributed by atoms with Crippen LogP contribution in [0.5, 0.6) is 0 Å². The summed E-state index contributed by atoms with van der Waals surface area (Å²) in [6.07, 6.45) is 0.587. The Morgan fingerprint density at radius 2 is 2.06 bits per heavy atom. The summed E-state index contributed by atoms with van der Waals surface area (Å²) >= 11 is 0. The normalized spacial score (nSPS) is 10.8. The molecule has 0 spiro atoms. The highest BCUT2D eigenvalue weighted by Crippen LogP contribution is 2.27. The molecule has 0 radical (unpaired) electrons. The Bertz CT molecular complexity index is 537. The number of hydrogen-bond acceptors (Lipinski definition) is 3. The van der Waals surface area contributed by atoms with Crippen molar-refractivity contribution in [1.29, 1.82) is 0 Å². The molecule has 0 saturated carbocycles. The van der Waals surface area contributed by atoms with Crippen LogP contribution in [0.1, 0.15) is 11.3 Å². The zero-order valence-electron chi connectivity index (χ0n) is 9.34. The molecule has 2 N–H and O–H groups in total. The minimum atomic E-state index is -0.907. The standard InChI is InChI=1S/C12H12F2N2O/c1-7-9(4-5-15)12(17-16-7)8-2-3-10(13)11(14)6-8/h2-3,6H,4-5,15H2,1H3. The van der Waals surface area contributed by atoms with Crippen molar-refractivity contribution in [1.82, 2.24) is 5.16 Å². The van der Waals surface area contributed by atoms with Crippen molar-refractivity contribution in [2.24, 2.45) is 5.73 Å². The maximum Gasteiger partial charge on any atom is 0.170 e. The number of halogens is 2. The van der Waals surface area contributed by atoms with Crippen molar-refractivity contribution in [2.75, 3.05) is 6.54 Å². The molecule has 0 fully saturated rings. The fourth-order valence-electron chi connectivity index (χ4n) is 1.69. The molecule has 90 valence electrons. The van der Waals surface area contributed by atoms with E-state index in [0.717, 1.165) is 23.4 Å². The highest BCUT2D eigenvalue weighted by Gasteiger charge is 2.15. The largest absolute Gasteiger partial charge is 0.356 e. The topological polar surface area (TPSA) is 52.0 Å². The van der Waals surface area contributed by atoms with E-state index in [4.69, 9.17) is 10.3 Å². The SMILES string of the molecule is Cc1noc(-c2ccc(F)c(F)c2)c1CCN. The summed E-state index contributed by atoms with van der Waals surface area (Å²) in [7, 11) is 0. The molecule has 0 saturated heterocycles. The van der Waals surface area contributed by atoms with E-state index in [9.17, 15) is 8.78 Å². The lowest BCUT2D eigenvalue weighted by Crippen LogP contribution is -2.04. The number of benzene rings is 1. The van der Waals surface area contributed by atoms with Crippen molar-refractivity contribution < 1.29 is 13.3 Å². The van der Waals surface area contributed by atoms with Crippen LogP contribution >= 0.6 is 0 Å². The van der Waals surface area contributed by atoms with Gasteiger partial charge in [0.1, 0.15) is 0 Å². The van der Waals surface area contributed by atoms with Gasteiger partial charge in [-0.3, -0.25) is 0 Å². The fraction of sp³-hybridized carbons (Fsp3) is 0.250. The second-order valence-electron chi connectivity index (χ2n) is 3.74. The lowest BCUT2D eigenvalue weighted by molar-refractivity contribution is 0.426. The van der Waals surface area contributed by atoms with Crippen LogP contribution in [0.25, 0.3) is 11.3 Å². The van der Waals surface area contributed by atoms with Gasteiger partial charge in [-0.2, -0.15) is 0 Å². The number of aromatic nitrogens is 1. The molecular formula is C12H12F2N2O. The Morgan fingerprint density at radius 3 is 2.71 bits per heavy atom. The third kappa shape index (κ3) is 2.19. The van der Waals surface area contributed by atoms with Gasteiger partial charge < -0.3 is 10.3 Å². The molecule has 0 aliphatic rings. The molecule has 0 amide bonds. The predicted molar refractivity (Wildman–Crippen MR) is 59.4 cm³/mol.